The monoisotopic (exact) mass is 308 g/mol. The van der Waals surface area contributed by atoms with Gasteiger partial charge in [-0.05, 0) is 39.0 Å². The van der Waals surface area contributed by atoms with Crippen LogP contribution in [0, 0.1) is 13.8 Å². The van der Waals surface area contributed by atoms with Crippen molar-refractivity contribution >= 4 is 23.4 Å². The molecule has 1 saturated carbocycles. The van der Waals surface area contributed by atoms with Gasteiger partial charge < -0.3 is 10.4 Å². The molecule has 5 heteroatoms. The van der Waals surface area contributed by atoms with E-state index in [0.717, 1.165) is 12.2 Å². The highest BCUT2D eigenvalue weighted by molar-refractivity contribution is 8.00. The molecule has 0 bridgehead atoms. The van der Waals surface area contributed by atoms with Crippen molar-refractivity contribution in [3.63, 3.8) is 0 Å². The van der Waals surface area contributed by atoms with Crippen molar-refractivity contribution in [3.8, 4) is 0 Å². The van der Waals surface area contributed by atoms with Crippen LogP contribution < -0.4 is 5.32 Å². The molecule has 116 valence electrons. The van der Waals surface area contributed by atoms with E-state index in [1.165, 1.54) is 32.1 Å². The summed E-state index contributed by atoms with van der Waals surface area (Å²) < 4.78 is 0.235. The second kappa shape index (κ2) is 6.69. The lowest BCUT2D eigenvalue weighted by atomic mass is 9.88. The van der Waals surface area contributed by atoms with E-state index in [2.05, 4.69) is 16.6 Å². The molecule has 1 aliphatic carbocycles. The summed E-state index contributed by atoms with van der Waals surface area (Å²) in [5, 5.41) is 12.8. The standard InChI is InChI=1S/C16H24N2O2S/c1-11-9-13(14(15(19)20)12(2)18-11)17-10-16(21-3)7-5-4-6-8-16/h9H,4-8,10H2,1-3H3,(H,17,18)(H,19,20). The van der Waals surface area contributed by atoms with Gasteiger partial charge in [0.25, 0.3) is 0 Å². The van der Waals surface area contributed by atoms with Crippen LogP contribution in [0.5, 0.6) is 0 Å². The van der Waals surface area contributed by atoms with Crippen molar-refractivity contribution < 1.29 is 9.90 Å². The van der Waals surface area contributed by atoms with Gasteiger partial charge in [0.2, 0.25) is 0 Å². The first-order chi connectivity index (χ1) is 9.97. The van der Waals surface area contributed by atoms with Crippen LogP contribution in [-0.2, 0) is 0 Å². The van der Waals surface area contributed by atoms with Gasteiger partial charge in [-0.1, -0.05) is 19.3 Å². The van der Waals surface area contributed by atoms with Gasteiger partial charge in [-0.3, -0.25) is 4.98 Å². The van der Waals surface area contributed by atoms with Gasteiger partial charge >= 0.3 is 5.97 Å². The van der Waals surface area contributed by atoms with Gasteiger partial charge in [0.05, 0.1) is 11.4 Å². The van der Waals surface area contributed by atoms with Crippen LogP contribution in [-0.4, -0.2) is 33.6 Å². The number of thioether (sulfide) groups is 1. The summed E-state index contributed by atoms with van der Waals surface area (Å²) in [6, 6.07) is 1.84. The maximum absolute atomic E-state index is 11.5. The van der Waals surface area contributed by atoms with Gasteiger partial charge in [0.15, 0.2) is 0 Å². The summed E-state index contributed by atoms with van der Waals surface area (Å²) in [5.41, 5.74) is 2.42. The lowest BCUT2D eigenvalue weighted by Gasteiger charge is -2.36. The lowest BCUT2D eigenvalue weighted by molar-refractivity contribution is 0.0696. The van der Waals surface area contributed by atoms with Crippen LogP contribution in [0.25, 0.3) is 0 Å². The average Bonchev–Trinajstić information content (AvgIpc) is 2.45. The molecule has 1 fully saturated rings. The molecule has 0 amide bonds. The number of anilines is 1. The van der Waals surface area contributed by atoms with Crippen molar-refractivity contribution in [1.29, 1.82) is 0 Å². The van der Waals surface area contributed by atoms with Crippen LogP contribution in [0.1, 0.15) is 53.8 Å². The number of aromatic carboxylic acids is 1. The SMILES string of the molecule is CSC1(CNc2cc(C)nc(C)c2C(=O)O)CCCCC1. The predicted octanol–water partition coefficient (Wildman–Crippen LogP) is 3.87. The Balaban J connectivity index is 2.21. The van der Waals surface area contributed by atoms with Gasteiger partial charge in [-0.2, -0.15) is 11.8 Å². The van der Waals surface area contributed by atoms with E-state index in [1.807, 2.05) is 24.8 Å². The lowest BCUT2D eigenvalue weighted by Crippen LogP contribution is -2.36. The van der Waals surface area contributed by atoms with Crippen LogP contribution in [0.4, 0.5) is 5.69 Å². The molecule has 1 aliphatic rings. The van der Waals surface area contributed by atoms with Crippen LogP contribution in [0.2, 0.25) is 0 Å². The van der Waals surface area contributed by atoms with Gasteiger partial charge in [-0.25, -0.2) is 4.79 Å². The minimum absolute atomic E-state index is 0.235. The fourth-order valence-corrected chi connectivity index (χ4v) is 4.06. The van der Waals surface area contributed by atoms with Gasteiger partial charge in [0, 0.05) is 17.0 Å². The van der Waals surface area contributed by atoms with E-state index < -0.39 is 5.97 Å². The zero-order valence-electron chi connectivity index (χ0n) is 13.0. The predicted molar refractivity (Wildman–Crippen MR) is 88.5 cm³/mol. The summed E-state index contributed by atoms with van der Waals surface area (Å²) in [5.74, 6) is -0.913. The van der Waals surface area contributed by atoms with E-state index >= 15 is 0 Å². The summed E-state index contributed by atoms with van der Waals surface area (Å²) in [7, 11) is 0. The molecule has 1 heterocycles. The smallest absolute Gasteiger partial charge is 0.339 e. The topological polar surface area (TPSA) is 62.2 Å². The fourth-order valence-electron chi connectivity index (χ4n) is 3.14. The van der Waals surface area contributed by atoms with Crippen molar-refractivity contribution in [3.05, 3.63) is 23.0 Å². The van der Waals surface area contributed by atoms with Crippen molar-refractivity contribution in [2.75, 3.05) is 18.1 Å². The fraction of sp³-hybridized carbons (Fsp3) is 0.625. The third-order valence-electron chi connectivity index (χ3n) is 4.34. The third-order valence-corrected chi connectivity index (χ3v) is 5.76. The number of hydrogen-bond donors (Lipinski definition) is 2. The molecule has 2 rings (SSSR count). The van der Waals surface area contributed by atoms with Gasteiger partial charge in [0.1, 0.15) is 5.56 Å². The Morgan fingerprint density at radius 1 is 1.38 bits per heavy atom. The molecule has 0 saturated heterocycles. The first kappa shape index (κ1) is 16.1. The molecule has 0 unspecified atom stereocenters. The first-order valence-corrected chi connectivity index (χ1v) is 8.70. The normalized spacial score (nSPS) is 17.5. The number of hydrogen-bond acceptors (Lipinski definition) is 4. The summed E-state index contributed by atoms with van der Waals surface area (Å²) in [6.07, 6.45) is 8.41. The molecular weight excluding hydrogens is 284 g/mol. The van der Waals surface area contributed by atoms with E-state index in [4.69, 9.17) is 0 Å². The number of carboxylic acids is 1. The molecule has 0 atom stereocenters. The molecule has 0 spiro atoms. The number of nitrogens with zero attached hydrogens (tertiary/aromatic N) is 1. The highest BCUT2D eigenvalue weighted by Gasteiger charge is 2.31. The summed E-state index contributed by atoms with van der Waals surface area (Å²) in [4.78, 5) is 15.7. The molecule has 1 aromatic heterocycles. The highest BCUT2D eigenvalue weighted by Crippen LogP contribution is 2.39. The number of pyridine rings is 1. The van der Waals surface area contributed by atoms with Crippen molar-refractivity contribution in [2.45, 2.75) is 50.7 Å². The molecule has 1 aromatic rings. The van der Waals surface area contributed by atoms with E-state index in [9.17, 15) is 9.90 Å². The first-order valence-electron chi connectivity index (χ1n) is 7.48. The Labute approximate surface area is 130 Å². The Morgan fingerprint density at radius 3 is 2.62 bits per heavy atom. The maximum atomic E-state index is 11.5. The van der Waals surface area contributed by atoms with E-state index in [-0.39, 0.29) is 4.75 Å². The molecular formula is C16H24N2O2S. The van der Waals surface area contributed by atoms with Crippen LogP contribution in [0.3, 0.4) is 0 Å². The number of carboxylic acid groups (broad SMARTS) is 1. The summed E-state index contributed by atoms with van der Waals surface area (Å²) >= 11 is 1.91. The zero-order valence-corrected chi connectivity index (χ0v) is 13.8. The molecule has 21 heavy (non-hydrogen) atoms. The average molecular weight is 308 g/mol. The minimum atomic E-state index is -0.913. The second-order valence-electron chi connectivity index (χ2n) is 5.88. The van der Waals surface area contributed by atoms with Crippen LogP contribution in [0.15, 0.2) is 6.07 Å². The number of rotatable bonds is 5. The number of aromatic nitrogens is 1. The molecule has 4 nitrogen and oxygen atoms in total. The minimum Gasteiger partial charge on any atom is -0.478 e. The maximum Gasteiger partial charge on any atom is 0.339 e. The molecule has 0 aliphatic heterocycles. The Morgan fingerprint density at radius 2 is 2.05 bits per heavy atom. The molecule has 0 radical (unpaired) electrons. The van der Waals surface area contributed by atoms with Crippen molar-refractivity contribution in [1.82, 2.24) is 4.98 Å². The number of nitrogens with one attached hydrogen (secondary N) is 1. The zero-order chi connectivity index (χ0) is 15.5. The molecule has 2 N–H and O–H groups in total. The van der Waals surface area contributed by atoms with E-state index in [0.29, 0.717) is 16.9 Å². The Bertz CT molecular complexity index is 525. The summed E-state index contributed by atoms with van der Waals surface area (Å²) in [6.45, 7) is 4.47. The van der Waals surface area contributed by atoms with E-state index in [1.54, 1.807) is 6.92 Å². The highest BCUT2D eigenvalue weighted by atomic mass is 32.2. The second-order valence-corrected chi connectivity index (χ2v) is 7.15. The Kier molecular flexibility index (Phi) is 5.14. The molecule has 0 aromatic carbocycles. The number of carbonyl (C=O) groups is 1. The Hall–Kier alpha value is -1.23. The van der Waals surface area contributed by atoms with Crippen molar-refractivity contribution in [2.24, 2.45) is 0 Å². The largest absolute Gasteiger partial charge is 0.478 e. The van der Waals surface area contributed by atoms with Gasteiger partial charge in [-0.15, -0.1) is 0 Å². The third kappa shape index (κ3) is 3.70. The number of aryl methyl sites for hydroxylation is 2. The van der Waals surface area contributed by atoms with Crippen LogP contribution >= 0.6 is 11.8 Å². The quantitative estimate of drug-likeness (QED) is 0.864.